The Bertz CT molecular complexity index is 545. The van der Waals surface area contributed by atoms with Gasteiger partial charge in [-0.05, 0) is 31.9 Å². The van der Waals surface area contributed by atoms with Crippen LogP contribution in [0.1, 0.15) is 25.8 Å². The molecule has 1 saturated heterocycles. The third kappa shape index (κ3) is 3.12. The minimum Gasteiger partial charge on any atom is -0.348 e. The summed E-state index contributed by atoms with van der Waals surface area (Å²) >= 11 is 1.75. The van der Waals surface area contributed by atoms with Crippen molar-refractivity contribution >= 4 is 28.3 Å². The zero-order chi connectivity index (χ0) is 14.7. The summed E-state index contributed by atoms with van der Waals surface area (Å²) in [6.07, 6.45) is 1.08. The SMILES string of the molecule is CCC(C)N1CCSC1=Nc1ccc([N+](=O)[O-])cc1C. The number of nitrogens with zero attached hydrogens (tertiary/aromatic N) is 3. The second-order valence-electron chi connectivity index (χ2n) is 4.92. The normalized spacial score (nSPS) is 18.6. The van der Waals surface area contributed by atoms with E-state index in [1.54, 1.807) is 23.9 Å². The van der Waals surface area contributed by atoms with E-state index in [1.165, 1.54) is 6.07 Å². The monoisotopic (exact) mass is 293 g/mol. The molecule has 0 amide bonds. The lowest BCUT2D eigenvalue weighted by molar-refractivity contribution is -0.384. The predicted octanol–water partition coefficient (Wildman–Crippen LogP) is 3.74. The lowest BCUT2D eigenvalue weighted by Gasteiger charge is -2.24. The van der Waals surface area contributed by atoms with E-state index in [0.29, 0.717) is 6.04 Å². The molecule has 0 aromatic heterocycles. The number of nitro groups is 1. The van der Waals surface area contributed by atoms with E-state index >= 15 is 0 Å². The van der Waals surface area contributed by atoms with Gasteiger partial charge in [-0.2, -0.15) is 0 Å². The summed E-state index contributed by atoms with van der Waals surface area (Å²) in [5.74, 6) is 1.05. The van der Waals surface area contributed by atoms with Crippen molar-refractivity contribution in [1.82, 2.24) is 4.90 Å². The van der Waals surface area contributed by atoms with E-state index < -0.39 is 0 Å². The van der Waals surface area contributed by atoms with Gasteiger partial charge in [0, 0.05) is 30.5 Å². The van der Waals surface area contributed by atoms with Gasteiger partial charge in [-0.3, -0.25) is 10.1 Å². The van der Waals surface area contributed by atoms with E-state index in [4.69, 9.17) is 4.99 Å². The first-order valence-corrected chi connectivity index (χ1v) is 7.74. The summed E-state index contributed by atoms with van der Waals surface area (Å²) in [6, 6.07) is 5.29. The van der Waals surface area contributed by atoms with E-state index in [9.17, 15) is 10.1 Å². The number of nitro benzene ring substituents is 1. The summed E-state index contributed by atoms with van der Waals surface area (Å²) in [5.41, 5.74) is 1.76. The van der Waals surface area contributed by atoms with E-state index in [-0.39, 0.29) is 10.6 Å². The number of thioether (sulfide) groups is 1. The van der Waals surface area contributed by atoms with Crippen molar-refractivity contribution in [3.63, 3.8) is 0 Å². The van der Waals surface area contributed by atoms with E-state index in [1.807, 2.05) is 6.92 Å². The first kappa shape index (κ1) is 14.8. The van der Waals surface area contributed by atoms with Crippen LogP contribution in [0.4, 0.5) is 11.4 Å². The van der Waals surface area contributed by atoms with Crippen LogP contribution in [0.25, 0.3) is 0 Å². The highest BCUT2D eigenvalue weighted by atomic mass is 32.2. The first-order valence-electron chi connectivity index (χ1n) is 6.76. The molecule has 1 unspecified atom stereocenters. The highest BCUT2D eigenvalue weighted by Gasteiger charge is 2.23. The Balaban J connectivity index is 2.28. The average Bonchev–Trinajstić information content (AvgIpc) is 2.88. The molecule has 0 aliphatic carbocycles. The van der Waals surface area contributed by atoms with Gasteiger partial charge in [0.15, 0.2) is 5.17 Å². The van der Waals surface area contributed by atoms with Crippen LogP contribution in [-0.4, -0.2) is 33.3 Å². The minimum absolute atomic E-state index is 0.115. The predicted molar refractivity (Wildman–Crippen MR) is 83.8 cm³/mol. The second-order valence-corrected chi connectivity index (χ2v) is 5.98. The zero-order valence-electron chi connectivity index (χ0n) is 12.0. The number of benzene rings is 1. The number of aliphatic imine (C=N–C) groups is 1. The Morgan fingerprint density at radius 2 is 2.30 bits per heavy atom. The van der Waals surface area contributed by atoms with Crippen molar-refractivity contribution < 1.29 is 4.92 Å². The van der Waals surface area contributed by atoms with Crippen LogP contribution in [0.3, 0.4) is 0 Å². The maximum absolute atomic E-state index is 10.7. The van der Waals surface area contributed by atoms with Crippen LogP contribution in [0, 0.1) is 17.0 Å². The molecule has 0 saturated carbocycles. The van der Waals surface area contributed by atoms with E-state index in [2.05, 4.69) is 18.7 Å². The van der Waals surface area contributed by atoms with Crippen LogP contribution in [0.2, 0.25) is 0 Å². The highest BCUT2D eigenvalue weighted by molar-refractivity contribution is 8.14. The molecule has 6 heteroatoms. The number of aryl methyl sites for hydroxylation is 1. The standard InChI is InChI=1S/C14H19N3O2S/c1-4-11(3)16-7-8-20-14(16)15-13-6-5-12(17(18)19)9-10(13)2/h5-6,9,11H,4,7-8H2,1-3H3. The molecule has 0 radical (unpaired) electrons. The summed E-state index contributed by atoms with van der Waals surface area (Å²) in [7, 11) is 0. The quantitative estimate of drug-likeness (QED) is 0.627. The molecule has 1 aromatic rings. The molecule has 0 spiro atoms. The van der Waals surface area contributed by atoms with Crippen molar-refractivity contribution in [3.8, 4) is 0 Å². The zero-order valence-corrected chi connectivity index (χ0v) is 12.8. The topological polar surface area (TPSA) is 58.7 Å². The molecule has 1 fully saturated rings. The first-order chi connectivity index (χ1) is 9.52. The summed E-state index contributed by atoms with van der Waals surface area (Å²) < 4.78 is 0. The molecule has 20 heavy (non-hydrogen) atoms. The van der Waals surface area contributed by atoms with Crippen LogP contribution in [-0.2, 0) is 0 Å². The number of hydrogen-bond acceptors (Lipinski definition) is 4. The van der Waals surface area contributed by atoms with Gasteiger partial charge in [0.05, 0.1) is 10.6 Å². The molecular formula is C14H19N3O2S. The molecule has 5 nitrogen and oxygen atoms in total. The third-order valence-corrected chi connectivity index (χ3v) is 4.51. The van der Waals surface area contributed by atoms with Crippen LogP contribution < -0.4 is 0 Å². The van der Waals surface area contributed by atoms with Crippen molar-refractivity contribution in [1.29, 1.82) is 0 Å². The largest absolute Gasteiger partial charge is 0.348 e. The van der Waals surface area contributed by atoms with Gasteiger partial charge in [0.25, 0.3) is 5.69 Å². The molecule has 108 valence electrons. The smallest absolute Gasteiger partial charge is 0.269 e. The van der Waals surface area contributed by atoms with Crippen LogP contribution >= 0.6 is 11.8 Å². The average molecular weight is 293 g/mol. The molecule has 1 aliphatic rings. The molecule has 1 aliphatic heterocycles. The molecule has 1 aromatic carbocycles. The van der Waals surface area contributed by atoms with Gasteiger partial charge >= 0.3 is 0 Å². The van der Waals surface area contributed by atoms with Crippen LogP contribution in [0.15, 0.2) is 23.2 Å². The van der Waals surface area contributed by atoms with Crippen molar-refractivity contribution in [2.75, 3.05) is 12.3 Å². The molecule has 0 bridgehead atoms. The maximum atomic E-state index is 10.7. The molecular weight excluding hydrogens is 274 g/mol. The van der Waals surface area contributed by atoms with Gasteiger partial charge in [-0.15, -0.1) is 0 Å². The number of rotatable bonds is 4. The van der Waals surface area contributed by atoms with Gasteiger partial charge < -0.3 is 4.90 Å². The Labute approximate surface area is 123 Å². The summed E-state index contributed by atoms with van der Waals surface area (Å²) in [4.78, 5) is 17.4. The van der Waals surface area contributed by atoms with Gasteiger partial charge in [0.1, 0.15) is 0 Å². The molecule has 0 N–H and O–H groups in total. The third-order valence-electron chi connectivity index (χ3n) is 3.54. The summed E-state index contributed by atoms with van der Waals surface area (Å²) in [5, 5.41) is 11.8. The lowest BCUT2D eigenvalue weighted by atomic mass is 10.2. The fourth-order valence-corrected chi connectivity index (χ4v) is 3.19. The van der Waals surface area contributed by atoms with Gasteiger partial charge in [-0.25, -0.2) is 4.99 Å². The summed E-state index contributed by atoms with van der Waals surface area (Å²) in [6.45, 7) is 7.25. The Morgan fingerprint density at radius 3 is 2.90 bits per heavy atom. The Morgan fingerprint density at radius 1 is 1.55 bits per heavy atom. The number of amidine groups is 1. The van der Waals surface area contributed by atoms with Gasteiger partial charge in [0.2, 0.25) is 0 Å². The maximum Gasteiger partial charge on any atom is 0.269 e. The van der Waals surface area contributed by atoms with Crippen molar-refractivity contribution in [2.45, 2.75) is 33.2 Å². The van der Waals surface area contributed by atoms with Crippen LogP contribution in [0.5, 0.6) is 0 Å². The van der Waals surface area contributed by atoms with Crippen molar-refractivity contribution in [3.05, 3.63) is 33.9 Å². The fourth-order valence-electron chi connectivity index (χ4n) is 2.12. The molecule has 1 heterocycles. The number of hydrogen-bond donors (Lipinski definition) is 0. The fraction of sp³-hybridized carbons (Fsp3) is 0.500. The van der Waals surface area contributed by atoms with E-state index in [0.717, 1.165) is 35.1 Å². The Kier molecular flexibility index (Phi) is 4.65. The molecule has 2 rings (SSSR count). The minimum atomic E-state index is -0.375. The lowest BCUT2D eigenvalue weighted by Crippen LogP contribution is -2.33. The highest BCUT2D eigenvalue weighted by Crippen LogP contribution is 2.29. The number of non-ortho nitro benzene ring substituents is 1. The van der Waals surface area contributed by atoms with Crippen molar-refractivity contribution in [2.24, 2.45) is 4.99 Å². The second kappa shape index (κ2) is 6.26. The van der Waals surface area contributed by atoms with Gasteiger partial charge in [-0.1, -0.05) is 18.7 Å². The Hall–Kier alpha value is -1.56. The molecule has 1 atom stereocenters.